The second-order valence-corrected chi connectivity index (χ2v) is 7.94. The fourth-order valence-electron chi connectivity index (χ4n) is 2.40. The van der Waals surface area contributed by atoms with Crippen molar-refractivity contribution in [2.45, 2.75) is 30.7 Å². The Hall–Kier alpha value is -0.430. The van der Waals surface area contributed by atoms with Crippen molar-refractivity contribution >= 4 is 26.0 Å². The van der Waals surface area contributed by atoms with E-state index in [0.29, 0.717) is 18.0 Å². The van der Waals surface area contributed by atoms with E-state index in [9.17, 15) is 8.42 Å². The van der Waals surface area contributed by atoms with E-state index in [-0.39, 0.29) is 12.0 Å². The number of benzene rings is 1. The van der Waals surface area contributed by atoms with Gasteiger partial charge in [-0.1, -0.05) is 22.0 Å². The van der Waals surface area contributed by atoms with Gasteiger partial charge in [-0.3, -0.25) is 0 Å². The van der Waals surface area contributed by atoms with Crippen molar-refractivity contribution in [2.75, 3.05) is 13.1 Å². The van der Waals surface area contributed by atoms with Gasteiger partial charge < -0.3 is 5.73 Å². The van der Waals surface area contributed by atoms with Gasteiger partial charge >= 0.3 is 0 Å². The first-order valence-corrected chi connectivity index (χ1v) is 8.66. The summed E-state index contributed by atoms with van der Waals surface area (Å²) in [6.45, 7) is 3.05. The monoisotopic (exact) mass is 346 g/mol. The van der Waals surface area contributed by atoms with Crippen molar-refractivity contribution in [3.05, 3.63) is 28.7 Å². The molecule has 0 spiro atoms. The lowest BCUT2D eigenvalue weighted by Crippen LogP contribution is -2.44. The Bertz CT molecular complexity index is 545. The third-order valence-electron chi connectivity index (χ3n) is 3.60. The largest absolute Gasteiger partial charge is 0.328 e. The van der Waals surface area contributed by atoms with Crippen molar-refractivity contribution in [1.29, 1.82) is 0 Å². The van der Waals surface area contributed by atoms with Crippen LogP contribution in [-0.4, -0.2) is 31.9 Å². The lowest BCUT2D eigenvalue weighted by atomic mass is 9.93. The van der Waals surface area contributed by atoms with Gasteiger partial charge in [0.15, 0.2) is 0 Å². The molecule has 6 heteroatoms. The number of piperidine rings is 1. The topological polar surface area (TPSA) is 63.4 Å². The van der Waals surface area contributed by atoms with Gasteiger partial charge in [0.2, 0.25) is 10.0 Å². The van der Waals surface area contributed by atoms with Crippen LogP contribution >= 0.6 is 15.9 Å². The zero-order valence-electron chi connectivity index (χ0n) is 10.9. The zero-order valence-corrected chi connectivity index (χ0v) is 13.3. The molecule has 0 aromatic heterocycles. The Morgan fingerprint density at radius 3 is 2.84 bits per heavy atom. The molecule has 1 aliphatic heterocycles. The van der Waals surface area contributed by atoms with Crippen molar-refractivity contribution in [3.63, 3.8) is 0 Å². The van der Waals surface area contributed by atoms with E-state index >= 15 is 0 Å². The Morgan fingerprint density at radius 2 is 2.21 bits per heavy atom. The first-order valence-electron chi connectivity index (χ1n) is 6.42. The average molecular weight is 347 g/mol. The Morgan fingerprint density at radius 1 is 1.47 bits per heavy atom. The number of hydrogen-bond donors (Lipinski definition) is 1. The van der Waals surface area contributed by atoms with Crippen LogP contribution in [0, 0.1) is 5.92 Å². The summed E-state index contributed by atoms with van der Waals surface area (Å²) in [5, 5.41) is 0. The maximum Gasteiger partial charge on any atom is 0.243 e. The summed E-state index contributed by atoms with van der Waals surface area (Å²) < 4.78 is 27.5. The predicted octanol–water partition coefficient (Wildman–Crippen LogP) is 2.20. The molecule has 4 nitrogen and oxygen atoms in total. The summed E-state index contributed by atoms with van der Waals surface area (Å²) in [6.07, 6.45) is 1.88. The molecule has 0 radical (unpaired) electrons. The molecule has 2 unspecified atom stereocenters. The first kappa shape index (κ1) is 15.0. The molecule has 0 aliphatic carbocycles. The normalized spacial score (nSPS) is 23.2. The summed E-state index contributed by atoms with van der Waals surface area (Å²) >= 11 is 3.31. The van der Waals surface area contributed by atoms with E-state index < -0.39 is 10.0 Å². The van der Waals surface area contributed by atoms with Crippen LogP contribution in [0.15, 0.2) is 33.6 Å². The molecule has 0 saturated carbocycles. The molecule has 19 heavy (non-hydrogen) atoms. The molecule has 2 atom stereocenters. The van der Waals surface area contributed by atoms with Crippen LogP contribution in [0.3, 0.4) is 0 Å². The minimum Gasteiger partial charge on any atom is -0.328 e. The molecule has 0 amide bonds. The van der Waals surface area contributed by atoms with Crippen LogP contribution in [0.2, 0.25) is 0 Å². The van der Waals surface area contributed by atoms with E-state index in [4.69, 9.17) is 5.73 Å². The molecule has 106 valence electrons. The van der Waals surface area contributed by atoms with Crippen LogP contribution in [-0.2, 0) is 10.0 Å². The fraction of sp³-hybridized carbons (Fsp3) is 0.538. The van der Waals surface area contributed by atoms with E-state index in [1.807, 2.05) is 13.0 Å². The first-order chi connectivity index (χ1) is 8.91. The summed E-state index contributed by atoms with van der Waals surface area (Å²) in [5.41, 5.74) is 5.91. The molecule has 1 saturated heterocycles. The second kappa shape index (κ2) is 5.91. The minimum atomic E-state index is -3.40. The number of nitrogens with zero attached hydrogens (tertiary/aromatic N) is 1. The van der Waals surface area contributed by atoms with Gasteiger partial charge in [0.05, 0.1) is 4.90 Å². The summed E-state index contributed by atoms with van der Waals surface area (Å²) in [5.74, 6) is 0.246. The van der Waals surface area contributed by atoms with Crippen LogP contribution in [0.25, 0.3) is 0 Å². The molecule has 1 aliphatic rings. The maximum atomic E-state index is 12.6. The Labute approximate surface area is 123 Å². The van der Waals surface area contributed by atoms with Crippen LogP contribution in [0.5, 0.6) is 0 Å². The Kier molecular flexibility index (Phi) is 4.66. The van der Waals surface area contributed by atoms with Gasteiger partial charge in [0.25, 0.3) is 0 Å². The van der Waals surface area contributed by atoms with Crippen LogP contribution in [0.4, 0.5) is 0 Å². The van der Waals surface area contributed by atoms with Crippen LogP contribution in [0.1, 0.15) is 19.8 Å². The molecule has 1 aromatic rings. The van der Waals surface area contributed by atoms with Crippen molar-refractivity contribution in [1.82, 2.24) is 4.31 Å². The quantitative estimate of drug-likeness (QED) is 0.912. The predicted molar refractivity (Wildman–Crippen MR) is 79.3 cm³/mol. The standard InChI is InChI=1S/C13H19BrN2O2S/c1-10(15)11-4-3-7-16(9-11)19(17,18)13-6-2-5-12(14)8-13/h2,5-6,8,10-11H,3-4,7,9,15H2,1H3. The lowest BCUT2D eigenvalue weighted by molar-refractivity contribution is 0.243. The van der Waals surface area contributed by atoms with E-state index in [1.165, 1.54) is 0 Å². The van der Waals surface area contributed by atoms with E-state index in [1.54, 1.807) is 22.5 Å². The van der Waals surface area contributed by atoms with Gasteiger partial charge in [0, 0.05) is 23.6 Å². The highest BCUT2D eigenvalue weighted by molar-refractivity contribution is 9.10. The van der Waals surface area contributed by atoms with Crippen molar-refractivity contribution in [3.8, 4) is 0 Å². The van der Waals surface area contributed by atoms with E-state index in [2.05, 4.69) is 15.9 Å². The molecule has 2 N–H and O–H groups in total. The van der Waals surface area contributed by atoms with Gasteiger partial charge in [-0.2, -0.15) is 4.31 Å². The number of hydrogen-bond acceptors (Lipinski definition) is 3. The third kappa shape index (κ3) is 3.37. The number of halogens is 1. The summed E-state index contributed by atoms with van der Waals surface area (Å²) in [4.78, 5) is 0.340. The number of nitrogens with two attached hydrogens (primary N) is 1. The highest BCUT2D eigenvalue weighted by Crippen LogP contribution is 2.26. The highest BCUT2D eigenvalue weighted by atomic mass is 79.9. The number of sulfonamides is 1. The van der Waals surface area contributed by atoms with Gasteiger partial charge in [-0.05, 0) is 43.9 Å². The average Bonchev–Trinajstić information content (AvgIpc) is 2.39. The highest BCUT2D eigenvalue weighted by Gasteiger charge is 2.31. The Balaban J connectivity index is 2.24. The fourth-order valence-corrected chi connectivity index (χ4v) is 4.53. The molecule has 0 bridgehead atoms. The van der Waals surface area contributed by atoms with Gasteiger partial charge in [-0.25, -0.2) is 8.42 Å². The van der Waals surface area contributed by atoms with Crippen molar-refractivity contribution < 1.29 is 8.42 Å². The van der Waals surface area contributed by atoms with E-state index in [0.717, 1.165) is 17.3 Å². The summed E-state index contributed by atoms with van der Waals surface area (Å²) in [7, 11) is -3.40. The molecular weight excluding hydrogens is 328 g/mol. The third-order valence-corrected chi connectivity index (χ3v) is 5.95. The molecular formula is C13H19BrN2O2S. The van der Waals surface area contributed by atoms with Gasteiger partial charge in [0.1, 0.15) is 0 Å². The second-order valence-electron chi connectivity index (χ2n) is 5.08. The smallest absolute Gasteiger partial charge is 0.243 e. The maximum absolute atomic E-state index is 12.6. The molecule has 1 heterocycles. The zero-order chi connectivity index (χ0) is 14.0. The molecule has 1 aromatic carbocycles. The van der Waals surface area contributed by atoms with Crippen LogP contribution < -0.4 is 5.73 Å². The lowest BCUT2D eigenvalue weighted by Gasteiger charge is -2.33. The van der Waals surface area contributed by atoms with Gasteiger partial charge in [-0.15, -0.1) is 0 Å². The minimum absolute atomic E-state index is 0.0282. The SMILES string of the molecule is CC(N)C1CCCN(S(=O)(=O)c2cccc(Br)c2)C1. The van der Waals surface area contributed by atoms with Crippen molar-refractivity contribution in [2.24, 2.45) is 11.7 Å². The number of rotatable bonds is 3. The summed E-state index contributed by atoms with van der Waals surface area (Å²) in [6, 6.07) is 6.87. The molecule has 1 fully saturated rings. The molecule has 2 rings (SSSR count).